The summed E-state index contributed by atoms with van der Waals surface area (Å²) in [5, 5.41) is 9.02. The predicted octanol–water partition coefficient (Wildman–Crippen LogP) is 2.23. The van der Waals surface area contributed by atoms with Crippen LogP contribution in [0.5, 0.6) is 0 Å². The lowest BCUT2D eigenvalue weighted by Crippen LogP contribution is -2.17. The summed E-state index contributed by atoms with van der Waals surface area (Å²) in [4.78, 5) is 14.6. The molecule has 0 radical (unpaired) electrons. The van der Waals surface area contributed by atoms with E-state index in [2.05, 4.69) is 9.71 Å². The molecule has 0 atom stereocenters. The Kier molecular flexibility index (Phi) is 3.91. The summed E-state index contributed by atoms with van der Waals surface area (Å²) < 4.78 is 26.5. The highest BCUT2D eigenvalue weighted by Gasteiger charge is 2.21. The van der Waals surface area contributed by atoms with E-state index in [1.165, 1.54) is 36.5 Å². The number of halogens is 1. The van der Waals surface area contributed by atoms with Crippen molar-refractivity contribution in [3.63, 3.8) is 0 Å². The zero-order valence-electron chi connectivity index (χ0n) is 9.95. The summed E-state index contributed by atoms with van der Waals surface area (Å²) in [5.41, 5.74) is -0.247. The Morgan fingerprint density at radius 1 is 1.20 bits per heavy atom. The molecule has 0 saturated heterocycles. The van der Waals surface area contributed by atoms with Crippen molar-refractivity contribution >= 4 is 33.4 Å². The molecule has 0 amide bonds. The third-order valence-corrected chi connectivity index (χ3v) is 4.23. The van der Waals surface area contributed by atoms with Gasteiger partial charge < -0.3 is 5.11 Å². The highest BCUT2D eigenvalue weighted by molar-refractivity contribution is 7.92. The van der Waals surface area contributed by atoms with Crippen molar-refractivity contribution in [3.8, 4) is 0 Å². The van der Waals surface area contributed by atoms with Gasteiger partial charge in [-0.25, -0.2) is 18.2 Å². The van der Waals surface area contributed by atoms with Crippen LogP contribution in [0.3, 0.4) is 0 Å². The van der Waals surface area contributed by atoms with Gasteiger partial charge in [0.05, 0.1) is 5.02 Å². The second-order valence-corrected chi connectivity index (χ2v) is 5.80. The number of rotatable bonds is 4. The Hall–Kier alpha value is -2.12. The van der Waals surface area contributed by atoms with Crippen LogP contribution in [0.25, 0.3) is 0 Å². The van der Waals surface area contributed by atoms with E-state index in [9.17, 15) is 13.2 Å². The van der Waals surface area contributed by atoms with Crippen molar-refractivity contribution in [2.24, 2.45) is 0 Å². The molecule has 1 aromatic carbocycles. The summed E-state index contributed by atoms with van der Waals surface area (Å²) in [6.07, 6.45) is 1.29. The molecule has 0 spiro atoms. The molecule has 2 N–H and O–H groups in total. The van der Waals surface area contributed by atoms with E-state index in [0.29, 0.717) is 0 Å². The number of nitrogens with zero attached hydrogens (tertiary/aromatic N) is 1. The van der Waals surface area contributed by atoms with Gasteiger partial charge in [-0.15, -0.1) is 0 Å². The van der Waals surface area contributed by atoms with Gasteiger partial charge in [0.15, 0.2) is 5.82 Å². The number of anilines is 1. The fourth-order valence-electron chi connectivity index (χ4n) is 1.50. The minimum absolute atomic E-state index is 0.0350. The van der Waals surface area contributed by atoms with Crippen LogP contribution in [0, 0.1) is 0 Å². The monoisotopic (exact) mass is 312 g/mol. The first-order chi connectivity index (χ1) is 9.42. The van der Waals surface area contributed by atoms with Crippen LogP contribution >= 0.6 is 11.6 Å². The third kappa shape index (κ3) is 2.89. The Labute approximate surface area is 120 Å². The minimum atomic E-state index is -4.01. The summed E-state index contributed by atoms with van der Waals surface area (Å²) in [5.74, 6) is -1.55. The molecule has 0 saturated carbocycles. The lowest BCUT2D eigenvalue weighted by atomic mass is 10.3. The largest absolute Gasteiger partial charge is 0.478 e. The van der Waals surface area contributed by atoms with Crippen LogP contribution in [0.2, 0.25) is 5.02 Å². The van der Waals surface area contributed by atoms with Gasteiger partial charge in [0.1, 0.15) is 10.5 Å². The average Bonchev–Trinajstić information content (AvgIpc) is 2.39. The number of hydrogen-bond acceptors (Lipinski definition) is 4. The van der Waals surface area contributed by atoms with Crippen molar-refractivity contribution in [3.05, 3.63) is 53.2 Å². The van der Waals surface area contributed by atoms with Crippen molar-refractivity contribution in [1.29, 1.82) is 0 Å². The number of benzene rings is 1. The smallest absolute Gasteiger partial charge is 0.339 e. The Bertz CT molecular complexity index is 762. The van der Waals surface area contributed by atoms with Crippen LogP contribution in [0.4, 0.5) is 5.82 Å². The highest BCUT2D eigenvalue weighted by Crippen LogP contribution is 2.23. The molecule has 2 rings (SSSR count). The van der Waals surface area contributed by atoms with E-state index in [1.807, 2.05) is 0 Å². The van der Waals surface area contributed by atoms with Crippen LogP contribution < -0.4 is 4.72 Å². The summed E-state index contributed by atoms with van der Waals surface area (Å²) in [6.45, 7) is 0. The van der Waals surface area contributed by atoms with Gasteiger partial charge in [-0.2, -0.15) is 0 Å². The standard InChI is InChI=1S/C12H9ClN2O4S/c13-9-5-1-2-6-10(9)20(18,19)15-11-8(12(16)17)4-3-7-14-11/h1-7H,(H,14,15)(H,16,17). The molecule has 104 valence electrons. The molecule has 2 aromatic rings. The van der Waals surface area contributed by atoms with E-state index >= 15 is 0 Å². The summed E-state index contributed by atoms with van der Waals surface area (Å²) >= 11 is 5.82. The van der Waals surface area contributed by atoms with Crippen LogP contribution in [-0.2, 0) is 10.0 Å². The molecule has 0 aliphatic heterocycles. The third-order valence-electron chi connectivity index (χ3n) is 2.40. The first-order valence-corrected chi connectivity index (χ1v) is 7.23. The first-order valence-electron chi connectivity index (χ1n) is 5.37. The minimum Gasteiger partial charge on any atom is -0.478 e. The van der Waals surface area contributed by atoms with Crippen molar-refractivity contribution < 1.29 is 18.3 Å². The number of sulfonamides is 1. The predicted molar refractivity (Wildman–Crippen MR) is 73.5 cm³/mol. The number of nitrogens with one attached hydrogen (secondary N) is 1. The van der Waals surface area contributed by atoms with Gasteiger partial charge in [-0.05, 0) is 24.3 Å². The number of hydrogen-bond donors (Lipinski definition) is 2. The van der Waals surface area contributed by atoms with Gasteiger partial charge in [0, 0.05) is 6.20 Å². The topological polar surface area (TPSA) is 96.4 Å². The van der Waals surface area contributed by atoms with Crippen molar-refractivity contribution in [1.82, 2.24) is 4.98 Å². The number of pyridine rings is 1. The summed E-state index contributed by atoms with van der Waals surface area (Å²) in [7, 11) is -4.01. The Balaban J connectivity index is 2.45. The van der Waals surface area contributed by atoms with Crippen LogP contribution in [0.1, 0.15) is 10.4 Å². The fraction of sp³-hybridized carbons (Fsp3) is 0. The number of carboxylic acid groups (broad SMARTS) is 1. The maximum Gasteiger partial charge on any atom is 0.339 e. The SMILES string of the molecule is O=C(O)c1cccnc1NS(=O)(=O)c1ccccc1Cl. The molecular weight excluding hydrogens is 304 g/mol. The van der Waals surface area contributed by atoms with Gasteiger partial charge >= 0.3 is 5.97 Å². The van der Waals surface area contributed by atoms with E-state index < -0.39 is 16.0 Å². The summed E-state index contributed by atoms with van der Waals surface area (Å²) in [6, 6.07) is 8.49. The zero-order valence-corrected chi connectivity index (χ0v) is 11.5. The molecule has 8 heteroatoms. The molecule has 6 nitrogen and oxygen atoms in total. The molecule has 20 heavy (non-hydrogen) atoms. The van der Waals surface area contributed by atoms with E-state index in [1.54, 1.807) is 6.07 Å². The number of aromatic carboxylic acids is 1. The van der Waals surface area contributed by atoms with Crippen molar-refractivity contribution in [2.75, 3.05) is 4.72 Å². The molecule has 0 fully saturated rings. The number of carboxylic acids is 1. The molecular formula is C12H9ClN2O4S. The lowest BCUT2D eigenvalue weighted by Gasteiger charge is -2.10. The number of carbonyl (C=O) groups is 1. The van der Waals surface area contributed by atoms with Gasteiger partial charge in [-0.3, -0.25) is 4.72 Å². The van der Waals surface area contributed by atoms with Gasteiger partial charge in [0.25, 0.3) is 10.0 Å². The fourth-order valence-corrected chi connectivity index (χ4v) is 3.05. The van der Waals surface area contributed by atoms with E-state index in [4.69, 9.17) is 16.7 Å². The second-order valence-electron chi connectivity index (χ2n) is 3.74. The second kappa shape index (κ2) is 5.48. The van der Waals surface area contributed by atoms with Gasteiger partial charge in [-0.1, -0.05) is 23.7 Å². The number of aromatic nitrogens is 1. The van der Waals surface area contributed by atoms with Gasteiger partial charge in [0.2, 0.25) is 0 Å². The van der Waals surface area contributed by atoms with Crippen LogP contribution in [0.15, 0.2) is 47.5 Å². The molecule has 0 aliphatic rings. The molecule has 1 heterocycles. The van der Waals surface area contributed by atoms with E-state index in [-0.39, 0.29) is 21.3 Å². The first kappa shape index (κ1) is 14.3. The molecule has 0 bridgehead atoms. The molecule has 0 aliphatic carbocycles. The zero-order chi connectivity index (χ0) is 14.8. The molecule has 0 unspecified atom stereocenters. The maximum atomic E-state index is 12.2. The lowest BCUT2D eigenvalue weighted by molar-refractivity contribution is 0.0697. The normalized spacial score (nSPS) is 11.1. The van der Waals surface area contributed by atoms with E-state index in [0.717, 1.165) is 0 Å². The maximum absolute atomic E-state index is 12.2. The van der Waals surface area contributed by atoms with Crippen molar-refractivity contribution in [2.45, 2.75) is 4.90 Å². The Morgan fingerprint density at radius 3 is 2.55 bits per heavy atom. The molecule has 1 aromatic heterocycles. The quantitative estimate of drug-likeness (QED) is 0.902. The Morgan fingerprint density at radius 2 is 1.90 bits per heavy atom. The highest BCUT2D eigenvalue weighted by atomic mass is 35.5. The van der Waals surface area contributed by atoms with Crippen LogP contribution in [-0.4, -0.2) is 24.5 Å². The average molecular weight is 313 g/mol.